The summed E-state index contributed by atoms with van der Waals surface area (Å²) in [5.74, 6) is 1.71. The maximum absolute atomic E-state index is 11.9. The van der Waals surface area contributed by atoms with Crippen molar-refractivity contribution in [1.29, 1.82) is 0 Å². The highest BCUT2D eigenvalue weighted by molar-refractivity contribution is 7.91. The average Bonchev–Trinajstić information content (AvgIpc) is 3.01. The van der Waals surface area contributed by atoms with Crippen LogP contribution in [0.5, 0.6) is 0 Å². The molecule has 3 aliphatic rings. The molecule has 2 saturated heterocycles. The molecule has 0 aromatic carbocycles. The first-order valence-corrected chi connectivity index (χ1v) is 9.80. The van der Waals surface area contributed by atoms with Crippen molar-refractivity contribution >= 4 is 9.84 Å². The largest absolute Gasteiger partial charge is 0.377 e. The number of sulfone groups is 1. The van der Waals surface area contributed by atoms with Gasteiger partial charge in [0.1, 0.15) is 0 Å². The zero-order valence-corrected chi connectivity index (χ0v) is 13.4. The van der Waals surface area contributed by atoms with Crippen molar-refractivity contribution in [2.24, 2.45) is 17.3 Å². The van der Waals surface area contributed by atoms with Crippen LogP contribution in [0.15, 0.2) is 0 Å². The van der Waals surface area contributed by atoms with Crippen LogP contribution in [0.25, 0.3) is 0 Å². The summed E-state index contributed by atoms with van der Waals surface area (Å²) in [4.78, 5) is 0. The van der Waals surface area contributed by atoms with Crippen molar-refractivity contribution in [1.82, 2.24) is 5.32 Å². The molecule has 1 N–H and O–H groups in total. The predicted molar refractivity (Wildman–Crippen MR) is 79.4 cm³/mol. The summed E-state index contributed by atoms with van der Waals surface area (Å²) in [7, 11) is -2.82. The first-order chi connectivity index (χ1) is 9.43. The van der Waals surface area contributed by atoms with E-state index in [1.165, 1.54) is 12.8 Å². The Morgan fingerprint density at radius 3 is 2.60 bits per heavy atom. The first-order valence-electron chi connectivity index (χ1n) is 7.98. The van der Waals surface area contributed by atoms with Gasteiger partial charge in [-0.25, -0.2) is 8.42 Å². The molecule has 0 spiro atoms. The number of nitrogens with one attached hydrogen (secondary N) is 1. The predicted octanol–water partition coefficient (Wildman–Crippen LogP) is 1.60. The fourth-order valence-electron chi connectivity index (χ4n) is 4.10. The van der Waals surface area contributed by atoms with Gasteiger partial charge in [-0.05, 0) is 37.5 Å². The Labute approximate surface area is 122 Å². The van der Waals surface area contributed by atoms with Gasteiger partial charge in [-0.15, -0.1) is 0 Å². The smallest absolute Gasteiger partial charge is 0.150 e. The van der Waals surface area contributed by atoms with Gasteiger partial charge in [0.15, 0.2) is 9.84 Å². The summed E-state index contributed by atoms with van der Waals surface area (Å²) in [6, 6.07) is 0.435. The molecular weight excluding hydrogens is 274 g/mol. The van der Waals surface area contributed by atoms with Gasteiger partial charge in [0.05, 0.1) is 17.6 Å². The van der Waals surface area contributed by atoms with Crippen molar-refractivity contribution in [3.63, 3.8) is 0 Å². The Kier molecular flexibility index (Phi) is 3.89. The fraction of sp³-hybridized carbons (Fsp3) is 1.00. The maximum atomic E-state index is 11.9. The average molecular weight is 301 g/mol. The Morgan fingerprint density at radius 1 is 1.30 bits per heavy atom. The van der Waals surface area contributed by atoms with Gasteiger partial charge in [0, 0.05) is 24.6 Å². The summed E-state index contributed by atoms with van der Waals surface area (Å²) in [5.41, 5.74) is 0.0506. The summed E-state index contributed by atoms with van der Waals surface area (Å²) < 4.78 is 29.9. The van der Waals surface area contributed by atoms with Crippen LogP contribution in [-0.4, -0.2) is 45.2 Å². The van der Waals surface area contributed by atoms with Crippen molar-refractivity contribution in [2.45, 2.75) is 51.7 Å². The Bertz CT molecular complexity index is 458. The Morgan fingerprint density at radius 2 is 2.05 bits per heavy atom. The lowest BCUT2D eigenvalue weighted by Gasteiger charge is -2.40. The van der Waals surface area contributed by atoms with E-state index in [4.69, 9.17) is 4.74 Å². The third-order valence-electron chi connectivity index (χ3n) is 5.37. The van der Waals surface area contributed by atoms with Crippen molar-refractivity contribution in [3.05, 3.63) is 0 Å². The van der Waals surface area contributed by atoms with Gasteiger partial charge in [-0.3, -0.25) is 0 Å². The molecule has 1 aliphatic carbocycles. The lowest BCUT2D eigenvalue weighted by Crippen LogP contribution is -2.49. The molecule has 0 bridgehead atoms. The molecule has 116 valence electrons. The highest BCUT2D eigenvalue weighted by Gasteiger charge is 2.56. The number of rotatable bonds is 5. The van der Waals surface area contributed by atoms with Gasteiger partial charge >= 0.3 is 0 Å². The standard InChI is InChI=1S/C15H27NO3S/c1-11(2)16-10-15(13-5-8-20(17,18)9-13)6-7-19-14(15)12-3-4-12/h11-14,16H,3-10H2,1-2H3. The number of hydrogen-bond donors (Lipinski definition) is 1. The van der Waals surface area contributed by atoms with Crippen LogP contribution in [0.1, 0.15) is 39.5 Å². The summed E-state index contributed by atoms with van der Waals surface area (Å²) in [5, 5.41) is 3.57. The van der Waals surface area contributed by atoms with E-state index in [2.05, 4.69) is 19.2 Å². The minimum absolute atomic E-state index is 0.0506. The molecule has 20 heavy (non-hydrogen) atoms. The van der Waals surface area contributed by atoms with Gasteiger partial charge < -0.3 is 10.1 Å². The second kappa shape index (κ2) is 5.25. The molecule has 0 aromatic rings. The van der Waals surface area contributed by atoms with Gasteiger partial charge in [-0.2, -0.15) is 0 Å². The van der Waals surface area contributed by atoms with Crippen molar-refractivity contribution in [3.8, 4) is 0 Å². The van der Waals surface area contributed by atoms with Crippen LogP contribution in [-0.2, 0) is 14.6 Å². The molecule has 1 saturated carbocycles. The van der Waals surface area contributed by atoms with Gasteiger partial charge in [-0.1, -0.05) is 13.8 Å². The molecule has 3 fully saturated rings. The monoisotopic (exact) mass is 301 g/mol. The first kappa shape index (κ1) is 14.8. The zero-order valence-electron chi connectivity index (χ0n) is 12.6. The molecule has 0 radical (unpaired) electrons. The molecule has 4 nitrogen and oxygen atoms in total. The van der Waals surface area contributed by atoms with Crippen LogP contribution in [0.4, 0.5) is 0 Å². The van der Waals surface area contributed by atoms with E-state index in [1.54, 1.807) is 0 Å². The molecular formula is C15H27NO3S. The number of ether oxygens (including phenoxy) is 1. The topological polar surface area (TPSA) is 55.4 Å². The van der Waals surface area contributed by atoms with E-state index in [-0.39, 0.29) is 17.4 Å². The molecule has 0 amide bonds. The highest BCUT2D eigenvalue weighted by Crippen LogP contribution is 2.53. The van der Waals surface area contributed by atoms with E-state index in [9.17, 15) is 8.42 Å². The van der Waals surface area contributed by atoms with E-state index in [1.807, 2.05) is 0 Å². The minimum atomic E-state index is -2.82. The Balaban J connectivity index is 1.83. The SMILES string of the molecule is CC(C)NCC1(C2CCS(=O)(=O)C2)CCOC1C1CC1. The van der Waals surface area contributed by atoms with Crippen LogP contribution in [0.3, 0.4) is 0 Å². The second-order valence-corrected chi connectivity index (χ2v) is 9.48. The molecule has 3 rings (SSSR count). The van der Waals surface area contributed by atoms with Crippen molar-refractivity contribution in [2.75, 3.05) is 24.7 Å². The van der Waals surface area contributed by atoms with E-state index in [0.29, 0.717) is 23.5 Å². The van der Waals surface area contributed by atoms with Crippen LogP contribution < -0.4 is 5.32 Å². The van der Waals surface area contributed by atoms with Gasteiger partial charge in [0.2, 0.25) is 0 Å². The molecule has 2 aliphatic heterocycles. The van der Waals surface area contributed by atoms with E-state index >= 15 is 0 Å². The number of hydrogen-bond acceptors (Lipinski definition) is 4. The summed E-state index contributed by atoms with van der Waals surface area (Å²) >= 11 is 0. The molecule has 3 atom stereocenters. The summed E-state index contributed by atoms with van der Waals surface area (Å²) in [6.07, 6.45) is 4.65. The lowest BCUT2D eigenvalue weighted by molar-refractivity contribution is 0.00409. The van der Waals surface area contributed by atoms with Crippen LogP contribution >= 0.6 is 0 Å². The second-order valence-electron chi connectivity index (χ2n) is 7.25. The third kappa shape index (κ3) is 2.77. The fourth-order valence-corrected chi connectivity index (χ4v) is 6.02. The summed E-state index contributed by atoms with van der Waals surface area (Å²) in [6.45, 7) is 6.02. The Hall–Kier alpha value is -0.130. The highest BCUT2D eigenvalue weighted by atomic mass is 32.2. The van der Waals surface area contributed by atoms with Gasteiger partial charge in [0.25, 0.3) is 0 Å². The third-order valence-corrected chi connectivity index (χ3v) is 7.13. The van der Waals surface area contributed by atoms with Crippen LogP contribution in [0, 0.1) is 17.3 Å². The van der Waals surface area contributed by atoms with Crippen LogP contribution in [0.2, 0.25) is 0 Å². The van der Waals surface area contributed by atoms with E-state index in [0.717, 1.165) is 26.0 Å². The molecule has 2 heterocycles. The lowest BCUT2D eigenvalue weighted by atomic mass is 9.68. The van der Waals surface area contributed by atoms with Crippen molar-refractivity contribution < 1.29 is 13.2 Å². The molecule has 3 unspecified atom stereocenters. The minimum Gasteiger partial charge on any atom is -0.377 e. The molecule has 5 heteroatoms. The normalized spacial score (nSPS) is 40.5. The van der Waals surface area contributed by atoms with E-state index < -0.39 is 9.84 Å². The molecule has 0 aromatic heterocycles. The quantitative estimate of drug-likeness (QED) is 0.838. The maximum Gasteiger partial charge on any atom is 0.150 e. The zero-order chi connectivity index (χ0) is 14.4.